The summed E-state index contributed by atoms with van der Waals surface area (Å²) in [6, 6.07) is 0. The van der Waals surface area contributed by atoms with Crippen LogP contribution in [0.1, 0.15) is 37.7 Å². The van der Waals surface area contributed by atoms with Gasteiger partial charge in [-0.15, -0.1) is 0 Å². The summed E-state index contributed by atoms with van der Waals surface area (Å²) in [5.41, 5.74) is -0.0531. The Morgan fingerprint density at radius 1 is 1.25 bits per heavy atom. The molecule has 8 nitrogen and oxygen atoms in total. The summed E-state index contributed by atoms with van der Waals surface area (Å²) >= 11 is 0. The molecule has 0 spiro atoms. The molecule has 2 heterocycles. The second-order valence-corrected chi connectivity index (χ2v) is 6.71. The number of carbonyl (C=O) groups is 3. The van der Waals surface area contributed by atoms with E-state index in [2.05, 4.69) is 20.6 Å². The number of hydrogen-bond donors (Lipinski definition) is 2. The van der Waals surface area contributed by atoms with Gasteiger partial charge in [0.15, 0.2) is 0 Å². The minimum Gasteiger partial charge on any atom is -0.354 e. The number of nitrogens with one attached hydrogen (secondary N) is 2. The lowest BCUT2D eigenvalue weighted by atomic mass is 10.1. The average molecular weight is 333 g/mol. The van der Waals surface area contributed by atoms with Gasteiger partial charge in [-0.05, 0) is 20.8 Å². The Hall–Kier alpha value is -2.51. The maximum absolute atomic E-state index is 12.2. The first kappa shape index (κ1) is 17.8. The molecule has 1 aliphatic heterocycles. The van der Waals surface area contributed by atoms with Gasteiger partial charge < -0.3 is 15.5 Å². The predicted octanol–water partition coefficient (Wildman–Crippen LogP) is -0.0304. The molecule has 1 aromatic heterocycles. The molecule has 1 aromatic rings. The van der Waals surface area contributed by atoms with Gasteiger partial charge in [0, 0.05) is 44.0 Å². The molecule has 130 valence electrons. The monoisotopic (exact) mass is 333 g/mol. The van der Waals surface area contributed by atoms with Gasteiger partial charge in [-0.2, -0.15) is 0 Å². The van der Waals surface area contributed by atoms with Crippen molar-refractivity contribution in [1.82, 2.24) is 25.5 Å². The maximum atomic E-state index is 12.2. The van der Waals surface area contributed by atoms with Gasteiger partial charge in [-0.25, -0.2) is 4.98 Å². The molecule has 2 rings (SSSR count). The van der Waals surface area contributed by atoms with E-state index in [1.807, 2.05) is 20.8 Å². The summed E-state index contributed by atoms with van der Waals surface area (Å²) in [7, 11) is 0. The van der Waals surface area contributed by atoms with Gasteiger partial charge in [0.2, 0.25) is 11.8 Å². The standard InChI is InChI=1S/C16H23N5O3/c1-16(2,3)21-10-11(8-13(21)22)14(23)19-6-7-20-15(24)12-9-17-4-5-18-12/h4-5,9,11H,6-8,10H2,1-3H3,(H,19,23)(H,20,24). The number of amides is 3. The van der Waals surface area contributed by atoms with E-state index in [0.717, 1.165) is 0 Å². The summed E-state index contributed by atoms with van der Waals surface area (Å²) in [6.07, 6.45) is 4.53. The van der Waals surface area contributed by atoms with Crippen LogP contribution in [0, 0.1) is 5.92 Å². The summed E-state index contributed by atoms with van der Waals surface area (Å²) in [6.45, 7) is 6.86. The lowest BCUT2D eigenvalue weighted by Gasteiger charge is -2.31. The fraction of sp³-hybridized carbons (Fsp3) is 0.562. The van der Waals surface area contributed by atoms with Crippen LogP contribution in [0.4, 0.5) is 0 Å². The van der Waals surface area contributed by atoms with Crippen LogP contribution < -0.4 is 10.6 Å². The molecule has 0 bridgehead atoms. The molecular formula is C16H23N5O3. The molecule has 3 amide bonds. The molecule has 2 N–H and O–H groups in total. The fourth-order valence-electron chi connectivity index (χ4n) is 2.54. The third-order valence-corrected chi connectivity index (χ3v) is 3.81. The number of likely N-dealkylation sites (tertiary alicyclic amines) is 1. The number of aromatic nitrogens is 2. The van der Waals surface area contributed by atoms with Gasteiger partial charge in [0.05, 0.1) is 12.1 Å². The van der Waals surface area contributed by atoms with E-state index in [-0.39, 0.29) is 47.8 Å². The van der Waals surface area contributed by atoms with Crippen LogP contribution in [-0.4, -0.2) is 57.8 Å². The minimum atomic E-state index is -0.340. The van der Waals surface area contributed by atoms with Crippen LogP contribution in [0.3, 0.4) is 0 Å². The van der Waals surface area contributed by atoms with E-state index in [9.17, 15) is 14.4 Å². The molecule has 24 heavy (non-hydrogen) atoms. The molecule has 0 radical (unpaired) electrons. The van der Waals surface area contributed by atoms with Crippen molar-refractivity contribution in [3.63, 3.8) is 0 Å². The molecule has 0 aliphatic carbocycles. The van der Waals surface area contributed by atoms with E-state index in [1.165, 1.54) is 18.6 Å². The second-order valence-electron chi connectivity index (χ2n) is 6.71. The predicted molar refractivity (Wildman–Crippen MR) is 86.9 cm³/mol. The van der Waals surface area contributed by atoms with Crippen molar-refractivity contribution >= 4 is 17.7 Å². The zero-order chi connectivity index (χ0) is 17.7. The molecule has 0 aromatic carbocycles. The highest BCUT2D eigenvalue weighted by atomic mass is 16.2. The van der Waals surface area contributed by atoms with E-state index in [0.29, 0.717) is 13.1 Å². The third-order valence-electron chi connectivity index (χ3n) is 3.81. The summed E-state index contributed by atoms with van der Waals surface area (Å²) in [4.78, 5) is 45.3. The van der Waals surface area contributed by atoms with Gasteiger partial charge in [-0.3, -0.25) is 19.4 Å². The highest BCUT2D eigenvalue weighted by molar-refractivity contribution is 5.92. The molecule has 1 atom stereocenters. The summed E-state index contributed by atoms with van der Waals surface area (Å²) in [5.74, 6) is -0.845. The smallest absolute Gasteiger partial charge is 0.271 e. The van der Waals surface area contributed by atoms with Crippen LogP contribution in [0.2, 0.25) is 0 Å². The molecule has 8 heteroatoms. The first-order valence-electron chi connectivity index (χ1n) is 7.91. The fourth-order valence-corrected chi connectivity index (χ4v) is 2.54. The van der Waals surface area contributed by atoms with Gasteiger partial charge in [0.1, 0.15) is 5.69 Å². The van der Waals surface area contributed by atoms with E-state index in [1.54, 1.807) is 4.90 Å². The van der Waals surface area contributed by atoms with E-state index < -0.39 is 0 Å². The van der Waals surface area contributed by atoms with Crippen LogP contribution in [0.5, 0.6) is 0 Å². The Labute approximate surface area is 141 Å². The van der Waals surface area contributed by atoms with Crippen molar-refractivity contribution in [2.24, 2.45) is 5.92 Å². The average Bonchev–Trinajstić information content (AvgIpc) is 2.94. The van der Waals surface area contributed by atoms with Gasteiger partial charge in [-0.1, -0.05) is 0 Å². The first-order valence-corrected chi connectivity index (χ1v) is 7.91. The topological polar surface area (TPSA) is 104 Å². The van der Waals surface area contributed by atoms with Crippen molar-refractivity contribution in [2.75, 3.05) is 19.6 Å². The number of rotatable bonds is 5. The molecule has 1 saturated heterocycles. The Kier molecular flexibility index (Phi) is 5.48. The Balaban J connectivity index is 1.72. The lowest BCUT2D eigenvalue weighted by molar-refractivity contribution is -0.132. The Morgan fingerprint density at radius 2 is 1.96 bits per heavy atom. The lowest BCUT2D eigenvalue weighted by Crippen LogP contribution is -2.43. The molecule has 1 unspecified atom stereocenters. The second kappa shape index (κ2) is 7.37. The zero-order valence-electron chi connectivity index (χ0n) is 14.2. The number of hydrogen-bond acceptors (Lipinski definition) is 5. The Bertz CT molecular complexity index is 612. The SMILES string of the molecule is CC(C)(C)N1CC(C(=O)NCCNC(=O)c2cnccn2)CC1=O. The molecule has 1 fully saturated rings. The molecular weight excluding hydrogens is 310 g/mol. The highest BCUT2D eigenvalue weighted by Crippen LogP contribution is 2.25. The van der Waals surface area contributed by atoms with Crippen molar-refractivity contribution in [1.29, 1.82) is 0 Å². The Morgan fingerprint density at radius 3 is 2.54 bits per heavy atom. The zero-order valence-corrected chi connectivity index (χ0v) is 14.2. The highest BCUT2D eigenvalue weighted by Gasteiger charge is 2.39. The maximum Gasteiger partial charge on any atom is 0.271 e. The van der Waals surface area contributed by atoms with Crippen LogP contribution in [-0.2, 0) is 9.59 Å². The van der Waals surface area contributed by atoms with Gasteiger partial charge >= 0.3 is 0 Å². The van der Waals surface area contributed by atoms with Crippen molar-refractivity contribution in [3.05, 3.63) is 24.3 Å². The number of carbonyl (C=O) groups excluding carboxylic acids is 3. The van der Waals surface area contributed by atoms with E-state index in [4.69, 9.17) is 0 Å². The molecule has 0 saturated carbocycles. The van der Waals surface area contributed by atoms with Crippen molar-refractivity contribution < 1.29 is 14.4 Å². The third kappa shape index (κ3) is 4.50. The van der Waals surface area contributed by atoms with Crippen molar-refractivity contribution in [3.8, 4) is 0 Å². The van der Waals surface area contributed by atoms with Crippen LogP contribution in [0.15, 0.2) is 18.6 Å². The largest absolute Gasteiger partial charge is 0.354 e. The first-order chi connectivity index (χ1) is 11.3. The van der Waals surface area contributed by atoms with Gasteiger partial charge in [0.25, 0.3) is 5.91 Å². The van der Waals surface area contributed by atoms with Crippen LogP contribution in [0.25, 0.3) is 0 Å². The summed E-state index contributed by atoms with van der Waals surface area (Å²) < 4.78 is 0. The van der Waals surface area contributed by atoms with Crippen molar-refractivity contribution in [2.45, 2.75) is 32.7 Å². The van der Waals surface area contributed by atoms with Crippen LogP contribution >= 0.6 is 0 Å². The summed E-state index contributed by atoms with van der Waals surface area (Å²) in [5, 5.41) is 5.41. The number of nitrogens with zero attached hydrogens (tertiary/aromatic N) is 3. The normalized spacial score (nSPS) is 17.7. The quantitative estimate of drug-likeness (QED) is 0.736. The van der Waals surface area contributed by atoms with E-state index >= 15 is 0 Å². The minimum absolute atomic E-state index is 0.00129. The molecule has 1 aliphatic rings.